The predicted octanol–water partition coefficient (Wildman–Crippen LogP) is 3.11. The van der Waals surface area contributed by atoms with Gasteiger partial charge >= 0.3 is 0 Å². The zero-order chi connectivity index (χ0) is 12.7. The van der Waals surface area contributed by atoms with Crippen LogP contribution in [0.2, 0.25) is 5.02 Å². The van der Waals surface area contributed by atoms with Gasteiger partial charge in [0.05, 0.1) is 16.1 Å². The van der Waals surface area contributed by atoms with Gasteiger partial charge in [-0.3, -0.25) is 5.32 Å². The van der Waals surface area contributed by atoms with Crippen molar-refractivity contribution in [3.05, 3.63) is 23.4 Å². The molecular weight excluding hydrogens is 254 g/mol. The molecule has 1 aromatic rings. The third-order valence-corrected chi connectivity index (χ3v) is 3.54. The van der Waals surface area contributed by atoms with Gasteiger partial charge in [-0.2, -0.15) is 5.26 Å². The minimum Gasteiger partial charge on any atom is -0.300 e. The molecule has 1 heterocycles. The molecule has 1 rings (SSSR count). The number of aromatic nitrogens is 1. The van der Waals surface area contributed by atoms with E-state index in [-0.39, 0.29) is 0 Å². The second-order valence-electron chi connectivity index (χ2n) is 3.89. The molecule has 0 aliphatic rings. The molecule has 0 bridgehead atoms. The number of thioether (sulfide) groups is 1. The summed E-state index contributed by atoms with van der Waals surface area (Å²) in [7, 11) is 0. The van der Waals surface area contributed by atoms with E-state index >= 15 is 0 Å². The molecule has 1 aromatic heterocycles. The van der Waals surface area contributed by atoms with Gasteiger partial charge in [-0.25, -0.2) is 4.98 Å². The maximum absolute atomic E-state index is 9.10. The second kappa shape index (κ2) is 6.85. The fourth-order valence-electron chi connectivity index (χ4n) is 1.38. The van der Waals surface area contributed by atoms with Crippen LogP contribution in [0.3, 0.4) is 0 Å². The molecule has 3 nitrogen and oxygen atoms in total. The molecule has 0 saturated heterocycles. The highest BCUT2D eigenvalue weighted by atomic mass is 35.5. The SMILES string of the molecule is CCNC(C)(C#N)CCSc1ccc(Cl)cn1. The average Bonchev–Trinajstić information content (AvgIpc) is 2.32. The Labute approximate surface area is 112 Å². The van der Waals surface area contributed by atoms with Crippen LogP contribution in [0.5, 0.6) is 0 Å². The lowest BCUT2D eigenvalue weighted by atomic mass is 10.0. The van der Waals surface area contributed by atoms with Gasteiger partial charge in [0.1, 0.15) is 5.54 Å². The van der Waals surface area contributed by atoms with Gasteiger partial charge in [-0.1, -0.05) is 18.5 Å². The van der Waals surface area contributed by atoms with Crippen molar-refractivity contribution in [1.29, 1.82) is 5.26 Å². The molecule has 0 fully saturated rings. The first kappa shape index (κ1) is 14.3. The lowest BCUT2D eigenvalue weighted by Gasteiger charge is -2.21. The van der Waals surface area contributed by atoms with Crippen molar-refractivity contribution in [3.8, 4) is 6.07 Å². The van der Waals surface area contributed by atoms with Crippen LogP contribution in [0.25, 0.3) is 0 Å². The van der Waals surface area contributed by atoms with E-state index in [1.807, 2.05) is 26.0 Å². The molecule has 0 spiro atoms. The van der Waals surface area contributed by atoms with Gasteiger partial charge in [0.2, 0.25) is 0 Å². The van der Waals surface area contributed by atoms with E-state index in [1.165, 1.54) is 0 Å². The third kappa shape index (κ3) is 4.95. The van der Waals surface area contributed by atoms with Crippen molar-refractivity contribution in [2.45, 2.75) is 30.8 Å². The highest BCUT2D eigenvalue weighted by molar-refractivity contribution is 7.99. The summed E-state index contributed by atoms with van der Waals surface area (Å²) in [6.45, 7) is 4.73. The Hall–Kier alpha value is -0.760. The quantitative estimate of drug-likeness (QED) is 0.806. The maximum atomic E-state index is 9.10. The standard InChI is InChI=1S/C12H16ClN3S/c1-3-16-12(2,9-14)6-7-17-11-5-4-10(13)8-15-11/h4-5,8,16H,3,6-7H2,1-2H3. The molecule has 92 valence electrons. The number of nitrogens with zero attached hydrogens (tertiary/aromatic N) is 2. The monoisotopic (exact) mass is 269 g/mol. The number of pyridine rings is 1. The number of rotatable bonds is 6. The number of hydrogen-bond acceptors (Lipinski definition) is 4. The van der Waals surface area contributed by atoms with Crippen molar-refractivity contribution in [1.82, 2.24) is 10.3 Å². The highest BCUT2D eigenvalue weighted by Crippen LogP contribution is 2.21. The van der Waals surface area contributed by atoms with E-state index in [4.69, 9.17) is 16.9 Å². The zero-order valence-corrected chi connectivity index (χ0v) is 11.6. The normalized spacial score (nSPS) is 14.0. The van der Waals surface area contributed by atoms with E-state index in [2.05, 4.69) is 16.4 Å². The van der Waals surface area contributed by atoms with Crippen LogP contribution < -0.4 is 5.32 Å². The number of halogens is 1. The molecule has 0 radical (unpaired) electrons. The van der Waals surface area contributed by atoms with Gasteiger partial charge in [0, 0.05) is 11.9 Å². The molecule has 0 aliphatic heterocycles. The lowest BCUT2D eigenvalue weighted by Crippen LogP contribution is -2.41. The van der Waals surface area contributed by atoms with Crippen LogP contribution in [0.1, 0.15) is 20.3 Å². The van der Waals surface area contributed by atoms with E-state index < -0.39 is 5.54 Å². The highest BCUT2D eigenvalue weighted by Gasteiger charge is 2.21. The van der Waals surface area contributed by atoms with Crippen molar-refractivity contribution >= 4 is 23.4 Å². The van der Waals surface area contributed by atoms with Crippen LogP contribution in [0.4, 0.5) is 0 Å². The largest absolute Gasteiger partial charge is 0.300 e. The topological polar surface area (TPSA) is 48.7 Å². The molecule has 0 aliphatic carbocycles. The first-order valence-corrected chi connectivity index (χ1v) is 6.86. The smallest absolute Gasteiger partial charge is 0.104 e. The Balaban J connectivity index is 2.42. The van der Waals surface area contributed by atoms with Crippen LogP contribution >= 0.6 is 23.4 Å². The summed E-state index contributed by atoms with van der Waals surface area (Å²) in [5, 5.41) is 13.9. The minimum atomic E-state index is -0.450. The molecule has 1 N–H and O–H groups in total. The van der Waals surface area contributed by atoms with Gasteiger partial charge in [0.15, 0.2) is 0 Å². The summed E-state index contributed by atoms with van der Waals surface area (Å²) in [4.78, 5) is 4.20. The summed E-state index contributed by atoms with van der Waals surface area (Å²) < 4.78 is 0. The second-order valence-corrected chi connectivity index (χ2v) is 5.44. The molecule has 5 heteroatoms. The van der Waals surface area contributed by atoms with Crippen LogP contribution in [0.15, 0.2) is 23.4 Å². The number of nitriles is 1. The van der Waals surface area contributed by atoms with E-state index in [1.54, 1.807) is 18.0 Å². The van der Waals surface area contributed by atoms with Gasteiger partial charge < -0.3 is 0 Å². The number of hydrogen-bond donors (Lipinski definition) is 1. The Morgan fingerprint density at radius 1 is 1.59 bits per heavy atom. The summed E-state index contributed by atoms with van der Waals surface area (Å²) in [5.74, 6) is 0.853. The minimum absolute atomic E-state index is 0.450. The molecule has 1 atom stereocenters. The fraction of sp³-hybridized carbons (Fsp3) is 0.500. The first-order chi connectivity index (χ1) is 8.09. The average molecular weight is 270 g/mol. The van der Waals surface area contributed by atoms with Crippen molar-refractivity contribution in [2.24, 2.45) is 0 Å². The molecule has 17 heavy (non-hydrogen) atoms. The molecule has 0 aromatic carbocycles. The fourth-order valence-corrected chi connectivity index (χ4v) is 2.50. The lowest BCUT2D eigenvalue weighted by molar-refractivity contribution is 0.450. The van der Waals surface area contributed by atoms with E-state index in [0.717, 1.165) is 23.7 Å². The first-order valence-electron chi connectivity index (χ1n) is 5.50. The number of nitrogens with one attached hydrogen (secondary N) is 1. The Morgan fingerprint density at radius 2 is 2.35 bits per heavy atom. The Bertz CT molecular complexity index is 388. The summed E-state index contributed by atoms with van der Waals surface area (Å²) in [6.07, 6.45) is 2.42. The summed E-state index contributed by atoms with van der Waals surface area (Å²) >= 11 is 7.39. The van der Waals surface area contributed by atoms with E-state index in [9.17, 15) is 0 Å². The maximum Gasteiger partial charge on any atom is 0.104 e. The van der Waals surface area contributed by atoms with Crippen LogP contribution in [-0.2, 0) is 0 Å². The Kier molecular flexibility index (Phi) is 5.76. The molecule has 0 amide bonds. The molecule has 0 saturated carbocycles. The van der Waals surface area contributed by atoms with Gasteiger partial charge in [-0.15, -0.1) is 11.8 Å². The van der Waals surface area contributed by atoms with Gasteiger partial charge in [0.25, 0.3) is 0 Å². The summed E-state index contributed by atoms with van der Waals surface area (Å²) in [6, 6.07) is 6.03. The van der Waals surface area contributed by atoms with Crippen LogP contribution in [-0.4, -0.2) is 22.8 Å². The van der Waals surface area contributed by atoms with Gasteiger partial charge in [-0.05, 0) is 32.0 Å². The van der Waals surface area contributed by atoms with Crippen molar-refractivity contribution in [3.63, 3.8) is 0 Å². The van der Waals surface area contributed by atoms with Crippen molar-refractivity contribution in [2.75, 3.05) is 12.3 Å². The van der Waals surface area contributed by atoms with E-state index in [0.29, 0.717) is 5.02 Å². The molecular formula is C12H16ClN3S. The summed E-state index contributed by atoms with van der Waals surface area (Å²) in [5.41, 5.74) is -0.450. The third-order valence-electron chi connectivity index (χ3n) is 2.37. The van der Waals surface area contributed by atoms with Crippen molar-refractivity contribution < 1.29 is 0 Å². The Morgan fingerprint density at radius 3 is 2.88 bits per heavy atom. The molecule has 1 unspecified atom stereocenters. The predicted molar refractivity (Wildman–Crippen MR) is 72.3 cm³/mol. The van der Waals surface area contributed by atoms with Crippen LogP contribution in [0, 0.1) is 11.3 Å². The zero-order valence-electron chi connectivity index (χ0n) is 10.0.